The third kappa shape index (κ3) is 3.97. The summed E-state index contributed by atoms with van der Waals surface area (Å²) in [7, 11) is 0. The molecule has 0 N–H and O–H groups in total. The van der Waals surface area contributed by atoms with Crippen LogP contribution in [0.5, 0.6) is 0 Å². The van der Waals surface area contributed by atoms with E-state index in [1.807, 2.05) is 31.2 Å². The van der Waals surface area contributed by atoms with Crippen LogP contribution >= 0.6 is 0 Å². The van der Waals surface area contributed by atoms with Crippen LogP contribution in [-0.2, 0) is 13.0 Å². The molecule has 8 heteroatoms. The number of halogens is 3. The van der Waals surface area contributed by atoms with Gasteiger partial charge >= 0.3 is 6.18 Å². The van der Waals surface area contributed by atoms with Crippen molar-refractivity contribution in [3.63, 3.8) is 0 Å². The lowest BCUT2D eigenvalue weighted by Gasteiger charge is -2.05. The second kappa shape index (κ2) is 5.86. The normalized spacial score (nSPS) is 11.8. The van der Waals surface area contributed by atoms with Gasteiger partial charge in [0.1, 0.15) is 6.54 Å². The summed E-state index contributed by atoms with van der Waals surface area (Å²) in [5, 5.41) is 7.73. The van der Waals surface area contributed by atoms with Crippen molar-refractivity contribution in [1.29, 1.82) is 0 Å². The van der Waals surface area contributed by atoms with Crippen molar-refractivity contribution < 1.29 is 17.7 Å². The van der Waals surface area contributed by atoms with E-state index in [4.69, 9.17) is 4.52 Å². The molecule has 0 spiro atoms. The van der Waals surface area contributed by atoms with E-state index in [1.54, 1.807) is 0 Å². The van der Waals surface area contributed by atoms with Crippen LogP contribution in [0.4, 0.5) is 13.2 Å². The Bertz CT molecular complexity index is 790. The van der Waals surface area contributed by atoms with Gasteiger partial charge in [-0.05, 0) is 13.0 Å². The Hall–Kier alpha value is -2.64. The lowest BCUT2D eigenvalue weighted by atomic mass is 10.1. The molecule has 1 aromatic carbocycles. The Labute approximate surface area is 129 Å². The molecule has 120 valence electrons. The van der Waals surface area contributed by atoms with Gasteiger partial charge in [-0.1, -0.05) is 35.0 Å². The highest BCUT2D eigenvalue weighted by Crippen LogP contribution is 2.19. The van der Waals surface area contributed by atoms with E-state index in [1.165, 1.54) is 12.3 Å². The minimum atomic E-state index is -4.30. The Morgan fingerprint density at radius 1 is 1.13 bits per heavy atom. The SMILES string of the molecule is Cc1ccc(-c2noc(Cc3ccn(CC(F)(F)F)n3)n2)cc1. The molecule has 0 amide bonds. The molecule has 0 aliphatic rings. The molecule has 0 atom stereocenters. The fourth-order valence-electron chi connectivity index (χ4n) is 2.07. The van der Waals surface area contributed by atoms with Crippen molar-refractivity contribution in [1.82, 2.24) is 19.9 Å². The fraction of sp³-hybridized carbons (Fsp3) is 0.267. The number of aromatic nitrogens is 4. The molecule has 5 nitrogen and oxygen atoms in total. The third-order valence-corrected chi connectivity index (χ3v) is 3.15. The quantitative estimate of drug-likeness (QED) is 0.739. The molecule has 23 heavy (non-hydrogen) atoms. The van der Waals surface area contributed by atoms with Crippen LogP contribution in [0.2, 0.25) is 0 Å². The minimum Gasteiger partial charge on any atom is -0.339 e. The smallest absolute Gasteiger partial charge is 0.339 e. The van der Waals surface area contributed by atoms with Crippen LogP contribution in [0, 0.1) is 6.92 Å². The Morgan fingerprint density at radius 2 is 1.87 bits per heavy atom. The number of hydrogen-bond acceptors (Lipinski definition) is 4. The number of nitrogens with zero attached hydrogens (tertiary/aromatic N) is 4. The van der Waals surface area contributed by atoms with Crippen LogP contribution in [0.25, 0.3) is 11.4 Å². The van der Waals surface area contributed by atoms with E-state index < -0.39 is 12.7 Å². The summed E-state index contributed by atoms with van der Waals surface area (Å²) in [4.78, 5) is 4.24. The van der Waals surface area contributed by atoms with Crippen molar-refractivity contribution in [2.45, 2.75) is 26.1 Å². The number of rotatable bonds is 4. The summed E-state index contributed by atoms with van der Waals surface area (Å²) < 4.78 is 42.9. The highest BCUT2D eigenvalue weighted by atomic mass is 19.4. The second-order valence-corrected chi connectivity index (χ2v) is 5.17. The first-order valence-corrected chi connectivity index (χ1v) is 6.88. The lowest BCUT2D eigenvalue weighted by Crippen LogP contribution is -2.18. The zero-order chi connectivity index (χ0) is 16.4. The van der Waals surface area contributed by atoms with Gasteiger partial charge in [0.25, 0.3) is 0 Å². The van der Waals surface area contributed by atoms with E-state index in [-0.39, 0.29) is 6.42 Å². The minimum absolute atomic E-state index is 0.184. The Balaban J connectivity index is 1.71. The molecule has 0 bridgehead atoms. The first-order chi connectivity index (χ1) is 10.9. The van der Waals surface area contributed by atoms with E-state index in [0.29, 0.717) is 17.4 Å². The van der Waals surface area contributed by atoms with E-state index in [0.717, 1.165) is 15.8 Å². The summed E-state index contributed by atoms with van der Waals surface area (Å²) >= 11 is 0. The van der Waals surface area contributed by atoms with Crippen molar-refractivity contribution in [3.8, 4) is 11.4 Å². The highest BCUT2D eigenvalue weighted by molar-refractivity contribution is 5.54. The monoisotopic (exact) mass is 322 g/mol. The first kappa shape index (κ1) is 15.3. The number of alkyl halides is 3. The molecule has 0 unspecified atom stereocenters. The molecule has 0 radical (unpaired) electrons. The molecule has 0 aliphatic heterocycles. The first-order valence-electron chi connectivity index (χ1n) is 6.88. The van der Waals surface area contributed by atoms with E-state index in [2.05, 4.69) is 15.2 Å². The average Bonchev–Trinajstić information content (AvgIpc) is 3.08. The largest absolute Gasteiger partial charge is 0.408 e. The molecule has 0 aliphatic carbocycles. The maximum Gasteiger partial charge on any atom is 0.408 e. The van der Waals surface area contributed by atoms with Gasteiger partial charge in [-0.3, -0.25) is 4.68 Å². The molecule has 2 aromatic heterocycles. The summed E-state index contributed by atoms with van der Waals surface area (Å²) in [5.41, 5.74) is 2.37. The summed E-state index contributed by atoms with van der Waals surface area (Å²) in [6.07, 6.45) is -2.84. The maximum absolute atomic E-state index is 12.3. The summed E-state index contributed by atoms with van der Waals surface area (Å²) in [6, 6.07) is 9.12. The van der Waals surface area contributed by atoms with Crippen molar-refractivity contribution >= 4 is 0 Å². The van der Waals surface area contributed by atoms with Crippen LogP contribution in [-0.4, -0.2) is 26.1 Å². The van der Waals surface area contributed by atoms with Gasteiger partial charge in [-0.25, -0.2) is 0 Å². The van der Waals surface area contributed by atoms with Crippen LogP contribution in [0.15, 0.2) is 41.1 Å². The summed E-state index contributed by atoms with van der Waals surface area (Å²) in [6.45, 7) is 0.855. The van der Waals surface area contributed by atoms with Gasteiger partial charge in [0.2, 0.25) is 11.7 Å². The van der Waals surface area contributed by atoms with E-state index >= 15 is 0 Å². The fourth-order valence-corrected chi connectivity index (χ4v) is 2.07. The van der Waals surface area contributed by atoms with Gasteiger partial charge in [-0.2, -0.15) is 23.3 Å². The third-order valence-electron chi connectivity index (χ3n) is 3.15. The van der Waals surface area contributed by atoms with Gasteiger partial charge in [0.05, 0.1) is 12.1 Å². The van der Waals surface area contributed by atoms with Crippen LogP contribution in [0.1, 0.15) is 17.1 Å². The van der Waals surface area contributed by atoms with Gasteiger partial charge < -0.3 is 4.52 Å². The maximum atomic E-state index is 12.3. The van der Waals surface area contributed by atoms with Crippen LogP contribution < -0.4 is 0 Å². The van der Waals surface area contributed by atoms with Crippen molar-refractivity contribution in [3.05, 3.63) is 53.7 Å². The standard InChI is InChI=1S/C15H13F3N4O/c1-10-2-4-11(5-3-10)14-19-13(23-21-14)8-12-6-7-22(20-12)9-15(16,17)18/h2-7H,8-9H2,1H3. The molecular formula is C15H13F3N4O. The molecule has 0 fully saturated rings. The molecule has 3 rings (SSSR count). The Kier molecular flexibility index (Phi) is 3.89. The van der Waals surface area contributed by atoms with Gasteiger partial charge in [0, 0.05) is 11.8 Å². The number of aryl methyl sites for hydroxylation is 1. The topological polar surface area (TPSA) is 56.7 Å². The van der Waals surface area contributed by atoms with Gasteiger partial charge in [-0.15, -0.1) is 0 Å². The lowest BCUT2D eigenvalue weighted by molar-refractivity contribution is -0.142. The highest BCUT2D eigenvalue weighted by Gasteiger charge is 2.28. The zero-order valence-electron chi connectivity index (χ0n) is 12.2. The predicted molar refractivity (Wildman–Crippen MR) is 75.6 cm³/mol. The molecular weight excluding hydrogens is 309 g/mol. The Morgan fingerprint density at radius 3 is 2.57 bits per heavy atom. The zero-order valence-corrected chi connectivity index (χ0v) is 12.2. The average molecular weight is 322 g/mol. The molecule has 3 aromatic rings. The van der Waals surface area contributed by atoms with Crippen molar-refractivity contribution in [2.24, 2.45) is 0 Å². The molecule has 2 heterocycles. The summed E-state index contributed by atoms with van der Waals surface area (Å²) in [5.74, 6) is 0.743. The van der Waals surface area contributed by atoms with E-state index in [9.17, 15) is 13.2 Å². The van der Waals surface area contributed by atoms with Crippen molar-refractivity contribution in [2.75, 3.05) is 0 Å². The molecule has 0 saturated heterocycles. The predicted octanol–water partition coefficient (Wildman–Crippen LogP) is 3.39. The van der Waals surface area contributed by atoms with Gasteiger partial charge in [0.15, 0.2) is 0 Å². The van der Waals surface area contributed by atoms with Crippen LogP contribution in [0.3, 0.4) is 0 Å². The number of benzene rings is 1. The number of hydrogen-bond donors (Lipinski definition) is 0. The molecule has 0 saturated carbocycles. The second-order valence-electron chi connectivity index (χ2n) is 5.17.